The molecule has 144 valence electrons. The third kappa shape index (κ3) is 4.92. The number of allylic oxidation sites excluding steroid dienone is 2. The van der Waals surface area contributed by atoms with E-state index in [1.54, 1.807) is 12.1 Å². The summed E-state index contributed by atoms with van der Waals surface area (Å²) in [5.41, 5.74) is 5.73. The van der Waals surface area contributed by atoms with Gasteiger partial charge in [0.05, 0.1) is 17.1 Å². The Morgan fingerprint density at radius 3 is 2.54 bits per heavy atom. The van der Waals surface area contributed by atoms with Gasteiger partial charge in [0.1, 0.15) is 0 Å². The molecule has 2 aromatic rings. The molecular weight excluding hydrogens is 422 g/mol. The quantitative estimate of drug-likeness (QED) is 0.308. The van der Waals surface area contributed by atoms with Crippen LogP contribution in [0.2, 0.25) is 0 Å². The standard InChI is InChI=1S/C21H20BrN3O3/c1-14-2-11-19(20(12-14)16-5-7-17(22)8-6-16)21(26)24-23-13-15-3-9-18(10-4-15)25(27)28/h2-10,13,19-20H,11-12H2,1H3,(H,24,26). The van der Waals surface area contributed by atoms with Crippen LogP contribution in [0.15, 0.2) is 69.8 Å². The molecule has 0 fully saturated rings. The van der Waals surface area contributed by atoms with E-state index in [1.807, 2.05) is 24.3 Å². The molecule has 1 amide bonds. The monoisotopic (exact) mass is 441 g/mol. The van der Waals surface area contributed by atoms with Crippen LogP contribution in [-0.4, -0.2) is 17.0 Å². The lowest BCUT2D eigenvalue weighted by atomic mass is 9.75. The van der Waals surface area contributed by atoms with Gasteiger partial charge >= 0.3 is 0 Å². The molecule has 1 aliphatic rings. The van der Waals surface area contributed by atoms with Crippen LogP contribution < -0.4 is 5.43 Å². The number of nitrogens with zero attached hydrogens (tertiary/aromatic N) is 2. The highest BCUT2D eigenvalue weighted by Gasteiger charge is 2.31. The normalized spacial score (nSPS) is 19.3. The minimum Gasteiger partial charge on any atom is -0.273 e. The molecule has 0 radical (unpaired) electrons. The molecular formula is C21H20BrN3O3. The summed E-state index contributed by atoms with van der Waals surface area (Å²) in [6.45, 7) is 2.09. The van der Waals surface area contributed by atoms with Crippen LogP contribution in [0.25, 0.3) is 0 Å². The number of carbonyl (C=O) groups is 1. The summed E-state index contributed by atoms with van der Waals surface area (Å²) in [5, 5.41) is 14.7. The third-order valence-corrected chi connectivity index (χ3v) is 5.40. The fraction of sp³-hybridized carbons (Fsp3) is 0.238. The molecule has 1 aliphatic carbocycles. The Labute approximate surface area is 171 Å². The van der Waals surface area contributed by atoms with Crippen molar-refractivity contribution in [3.05, 3.63) is 85.9 Å². The Balaban J connectivity index is 1.69. The average Bonchev–Trinajstić information content (AvgIpc) is 2.69. The number of non-ortho nitro benzene ring substituents is 1. The van der Waals surface area contributed by atoms with Crippen LogP contribution in [0.3, 0.4) is 0 Å². The number of carbonyl (C=O) groups excluding carboxylic acids is 1. The molecule has 28 heavy (non-hydrogen) atoms. The average molecular weight is 442 g/mol. The Kier molecular flexibility index (Phi) is 6.36. The molecule has 6 nitrogen and oxygen atoms in total. The number of hydrogen-bond acceptors (Lipinski definition) is 4. The molecule has 0 aliphatic heterocycles. The Morgan fingerprint density at radius 1 is 1.21 bits per heavy atom. The van der Waals surface area contributed by atoms with Gasteiger partial charge in [-0.3, -0.25) is 14.9 Å². The van der Waals surface area contributed by atoms with Crippen LogP contribution in [0.5, 0.6) is 0 Å². The lowest BCUT2D eigenvalue weighted by Gasteiger charge is -2.29. The number of nitrogens with one attached hydrogen (secondary N) is 1. The molecule has 0 aromatic heterocycles. The van der Waals surface area contributed by atoms with Crippen molar-refractivity contribution in [3.63, 3.8) is 0 Å². The van der Waals surface area contributed by atoms with Crippen molar-refractivity contribution >= 4 is 33.7 Å². The minimum atomic E-state index is -0.455. The van der Waals surface area contributed by atoms with E-state index in [1.165, 1.54) is 23.9 Å². The Morgan fingerprint density at radius 2 is 1.89 bits per heavy atom. The molecule has 2 unspecified atom stereocenters. The zero-order chi connectivity index (χ0) is 20.1. The predicted molar refractivity (Wildman–Crippen MR) is 112 cm³/mol. The van der Waals surface area contributed by atoms with E-state index < -0.39 is 4.92 Å². The number of halogens is 1. The number of benzene rings is 2. The molecule has 3 rings (SSSR count). The van der Waals surface area contributed by atoms with E-state index in [9.17, 15) is 14.9 Å². The van der Waals surface area contributed by atoms with Gasteiger partial charge in [0, 0.05) is 16.6 Å². The molecule has 0 spiro atoms. The highest BCUT2D eigenvalue weighted by molar-refractivity contribution is 9.10. The number of nitro groups is 1. The topological polar surface area (TPSA) is 84.6 Å². The van der Waals surface area contributed by atoms with Crippen molar-refractivity contribution in [1.29, 1.82) is 0 Å². The van der Waals surface area contributed by atoms with E-state index in [2.05, 4.69) is 39.5 Å². The number of hydrazone groups is 1. The van der Waals surface area contributed by atoms with Gasteiger partial charge in [0.2, 0.25) is 5.91 Å². The smallest absolute Gasteiger partial charge is 0.269 e. The highest BCUT2D eigenvalue weighted by atomic mass is 79.9. The first-order valence-electron chi connectivity index (χ1n) is 8.92. The van der Waals surface area contributed by atoms with Gasteiger partial charge in [-0.1, -0.05) is 39.7 Å². The van der Waals surface area contributed by atoms with Crippen LogP contribution in [0.1, 0.15) is 36.8 Å². The van der Waals surface area contributed by atoms with Gasteiger partial charge in [-0.25, -0.2) is 5.43 Å². The summed E-state index contributed by atoms with van der Waals surface area (Å²) in [4.78, 5) is 23.0. The lowest BCUT2D eigenvalue weighted by molar-refractivity contribution is -0.384. The second-order valence-electron chi connectivity index (χ2n) is 6.84. The molecule has 2 atom stereocenters. The van der Waals surface area contributed by atoms with Gasteiger partial charge in [0.15, 0.2) is 0 Å². The summed E-state index contributed by atoms with van der Waals surface area (Å²) < 4.78 is 1.01. The van der Waals surface area contributed by atoms with Gasteiger partial charge < -0.3 is 0 Å². The Bertz CT molecular complexity index is 921. The zero-order valence-electron chi connectivity index (χ0n) is 15.3. The second-order valence-corrected chi connectivity index (χ2v) is 7.75. The molecule has 7 heteroatoms. The summed E-state index contributed by atoms with van der Waals surface area (Å²) in [6.07, 6.45) is 5.11. The van der Waals surface area contributed by atoms with Crippen LogP contribution in [0.4, 0.5) is 5.69 Å². The van der Waals surface area contributed by atoms with Crippen LogP contribution in [-0.2, 0) is 4.79 Å². The summed E-state index contributed by atoms with van der Waals surface area (Å²) in [6, 6.07) is 14.1. The van der Waals surface area contributed by atoms with Crippen molar-refractivity contribution in [2.24, 2.45) is 11.0 Å². The summed E-state index contributed by atoms with van der Waals surface area (Å²) in [5.74, 6) is -0.221. The number of hydrogen-bond donors (Lipinski definition) is 1. The molecule has 0 saturated heterocycles. The van der Waals surface area contributed by atoms with E-state index in [-0.39, 0.29) is 23.4 Å². The first-order chi connectivity index (χ1) is 13.4. The van der Waals surface area contributed by atoms with Crippen molar-refractivity contribution in [2.75, 3.05) is 0 Å². The number of nitro benzene ring substituents is 1. The molecule has 1 N–H and O–H groups in total. The van der Waals surface area contributed by atoms with Gasteiger partial charge in [-0.15, -0.1) is 0 Å². The van der Waals surface area contributed by atoms with Crippen molar-refractivity contribution in [2.45, 2.75) is 25.7 Å². The lowest BCUT2D eigenvalue weighted by Crippen LogP contribution is -2.33. The first-order valence-corrected chi connectivity index (χ1v) is 9.72. The second kappa shape index (κ2) is 8.93. The maximum Gasteiger partial charge on any atom is 0.269 e. The van der Waals surface area contributed by atoms with Crippen molar-refractivity contribution in [3.8, 4) is 0 Å². The fourth-order valence-electron chi connectivity index (χ4n) is 3.35. The molecule has 0 bridgehead atoms. The first kappa shape index (κ1) is 19.9. The summed E-state index contributed by atoms with van der Waals surface area (Å²) in [7, 11) is 0. The maximum atomic E-state index is 12.7. The summed E-state index contributed by atoms with van der Waals surface area (Å²) >= 11 is 3.45. The van der Waals surface area contributed by atoms with E-state index in [4.69, 9.17) is 0 Å². The van der Waals surface area contributed by atoms with Gasteiger partial charge in [0.25, 0.3) is 5.69 Å². The Hall–Kier alpha value is -2.80. The molecule has 0 saturated carbocycles. The van der Waals surface area contributed by atoms with Crippen LogP contribution in [0, 0.1) is 16.0 Å². The predicted octanol–water partition coefficient (Wildman–Crippen LogP) is 4.95. The fourth-order valence-corrected chi connectivity index (χ4v) is 3.61. The number of amides is 1. The van der Waals surface area contributed by atoms with Gasteiger partial charge in [-0.05, 0) is 61.1 Å². The zero-order valence-corrected chi connectivity index (χ0v) is 16.9. The minimum absolute atomic E-state index is 0.0166. The highest BCUT2D eigenvalue weighted by Crippen LogP contribution is 2.38. The SMILES string of the molecule is CC1=CCC(C(=O)NN=Cc2ccc([N+](=O)[O-])cc2)C(c2ccc(Br)cc2)C1. The van der Waals surface area contributed by atoms with E-state index in [0.717, 1.165) is 16.5 Å². The number of rotatable bonds is 5. The maximum absolute atomic E-state index is 12.7. The molecule has 0 heterocycles. The van der Waals surface area contributed by atoms with Gasteiger partial charge in [-0.2, -0.15) is 5.10 Å². The van der Waals surface area contributed by atoms with Crippen LogP contribution >= 0.6 is 15.9 Å². The largest absolute Gasteiger partial charge is 0.273 e. The van der Waals surface area contributed by atoms with E-state index in [0.29, 0.717) is 12.0 Å². The third-order valence-electron chi connectivity index (χ3n) is 4.88. The molecule has 2 aromatic carbocycles. The van der Waals surface area contributed by atoms with E-state index >= 15 is 0 Å². The van der Waals surface area contributed by atoms with Crippen molar-refractivity contribution < 1.29 is 9.72 Å². The van der Waals surface area contributed by atoms with Crippen molar-refractivity contribution in [1.82, 2.24) is 5.43 Å².